The Balaban J connectivity index is 2.28. The van der Waals surface area contributed by atoms with Gasteiger partial charge in [0.05, 0.1) is 0 Å². The Kier molecular flexibility index (Phi) is 3.46. The zero-order chi connectivity index (χ0) is 11.5. The van der Waals surface area contributed by atoms with E-state index >= 15 is 0 Å². The molecular weight excluding hydrogens is 288 g/mol. The molecule has 2 rings (SSSR count). The molecule has 0 fully saturated rings. The summed E-state index contributed by atoms with van der Waals surface area (Å²) in [6.07, 6.45) is 3.65. The van der Waals surface area contributed by atoms with E-state index in [4.69, 9.17) is 0 Å². The molecule has 5 heteroatoms. The number of nitrogens with one attached hydrogen (secondary N) is 1. The lowest BCUT2D eigenvalue weighted by atomic mass is 10.2. The van der Waals surface area contributed by atoms with Crippen LogP contribution in [0.3, 0.4) is 0 Å². The Labute approximate surface area is 106 Å². The van der Waals surface area contributed by atoms with Crippen LogP contribution < -0.4 is 5.32 Å². The van der Waals surface area contributed by atoms with E-state index in [1.165, 1.54) is 11.8 Å². The highest BCUT2D eigenvalue weighted by atomic mass is 79.9. The number of hydrogen-bond donors (Lipinski definition) is 1. The monoisotopic (exact) mass is 296 g/mol. The third kappa shape index (κ3) is 2.54. The van der Waals surface area contributed by atoms with Gasteiger partial charge >= 0.3 is 0 Å². The van der Waals surface area contributed by atoms with Crippen molar-refractivity contribution in [1.29, 1.82) is 0 Å². The van der Waals surface area contributed by atoms with E-state index < -0.39 is 0 Å². The van der Waals surface area contributed by atoms with E-state index in [2.05, 4.69) is 26.2 Å². The number of amides is 1. The summed E-state index contributed by atoms with van der Waals surface area (Å²) in [4.78, 5) is 15.7. The lowest BCUT2D eigenvalue weighted by molar-refractivity contribution is -0.115. The quantitative estimate of drug-likeness (QED) is 0.810. The first-order chi connectivity index (χ1) is 7.69. The molecule has 3 nitrogen and oxygen atoms in total. The van der Waals surface area contributed by atoms with Crippen LogP contribution in [0, 0.1) is 0 Å². The van der Waals surface area contributed by atoms with E-state index in [0.29, 0.717) is 10.9 Å². The zero-order valence-electron chi connectivity index (χ0n) is 8.53. The predicted octanol–water partition coefficient (Wildman–Crippen LogP) is 2.64. The third-order valence-electron chi connectivity index (χ3n) is 2.04. The van der Waals surface area contributed by atoms with Gasteiger partial charge < -0.3 is 0 Å². The molecule has 1 N–H and O–H groups in total. The van der Waals surface area contributed by atoms with Crippen molar-refractivity contribution in [3.8, 4) is 0 Å². The van der Waals surface area contributed by atoms with Gasteiger partial charge in [-0.05, 0) is 30.0 Å². The van der Waals surface area contributed by atoms with Gasteiger partial charge in [-0.25, -0.2) is 4.99 Å². The number of halogens is 1. The van der Waals surface area contributed by atoms with Crippen LogP contribution in [-0.2, 0) is 4.79 Å². The number of carbonyl (C=O) groups is 1. The molecule has 0 radical (unpaired) electrons. The van der Waals surface area contributed by atoms with Crippen molar-refractivity contribution in [2.75, 3.05) is 6.26 Å². The summed E-state index contributed by atoms with van der Waals surface area (Å²) in [6, 6.07) is 7.71. The molecule has 0 aliphatic carbocycles. The minimum atomic E-state index is -0.146. The van der Waals surface area contributed by atoms with Gasteiger partial charge in [0.2, 0.25) is 0 Å². The number of amidine groups is 1. The first kappa shape index (κ1) is 11.4. The van der Waals surface area contributed by atoms with Crippen molar-refractivity contribution in [2.45, 2.75) is 0 Å². The molecule has 1 amide bonds. The van der Waals surface area contributed by atoms with Crippen LogP contribution in [0.25, 0.3) is 6.08 Å². The van der Waals surface area contributed by atoms with Crippen molar-refractivity contribution in [3.05, 3.63) is 40.0 Å². The lowest BCUT2D eigenvalue weighted by Crippen LogP contribution is -2.21. The normalized spacial score (nSPS) is 17.5. The van der Waals surface area contributed by atoms with Crippen LogP contribution in [0.5, 0.6) is 0 Å². The summed E-state index contributed by atoms with van der Waals surface area (Å²) in [6.45, 7) is 0. The molecule has 0 spiro atoms. The molecule has 0 bridgehead atoms. The lowest BCUT2D eigenvalue weighted by Gasteiger charge is -1.94. The molecule has 82 valence electrons. The molecule has 1 aliphatic rings. The van der Waals surface area contributed by atoms with E-state index in [-0.39, 0.29) is 5.91 Å². The average Bonchev–Trinajstić information content (AvgIpc) is 2.63. The summed E-state index contributed by atoms with van der Waals surface area (Å²) < 4.78 is 1.01. The second kappa shape index (κ2) is 4.84. The van der Waals surface area contributed by atoms with Crippen molar-refractivity contribution in [1.82, 2.24) is 5.32 Å². The Bertz CT molecular complexity index is 479. The number of hydrogen-bond acceptors (Lipinski definition) is 3. The number of rotatable bonds is 1. The second-order valence-electron chi connectivity index (χ2n) is 3.16. The third-order valence-corrected chi connectivity index (χ3v) is 3.15. The van der Waals surface area contributed by atoms with E-state index in [1.807, 2.05) is 30.5 Å². The second-order valence-corrected chi connectivity index (χ2v) is 4.87. The smallest absolute Gasteiger partial charge is 0.275 e. The highest BCUT2D eigenvalue weighted by Gasteiger charge is 2.18. The van der Waals surface area contributed by atoms with Crippen molar-refractivity contribution >= 4 is 44.8 Å². The number of carbonyl (C=O) groups excluding carboxylic acids is 1. The van der Waals surface area contributed by atoms with Crippen LogP contribution in [0.1, 0.15) is 5.56 Å². The molecule has 1 aliphatic heterocycles. The first-order valence-electron chi connectivity index (χ1n) is 4.60. The number of thioether (sulfide) groups is 1. The SMILES string of the molecule is CSC1=N/C(=C\c2ccc(Br)cc2)C(=O)N1. The Morgan fingerprint density at radius 2 is 2.06 bits per heavy atom. The number of aliphatic imine (C=N–C) groups is 1. The number of benzene rings is 1. The average molecular weight is 297 g/mol. The molecule has 0 atom stereocenters. The summed E-state index contributed by atoms with van der Waals surface area (Å²) in [5, 5.41) is 3.33. The van der Waals surface area contributed by atoms with Gasteiger partial charge in [-0.3, -0.25) is 10.1 Å². The Hall–Kier alpha value is -1.07. The fraction of sp³-hybridized carbons (Fsp3) is 0.0909. The molecule has 16 heavy (non-hydrogen) atoms. The fourth-order valence-corrected chi connectivity index (χ4v) is 1.91. The van der Waals surface area contributed by atoms with Gasteiger partial charge in [-0.15, -0.1) is 0 Å². The minimum Gasteiger partial charge on any atom is -0.300 e. The molecule has 0 aromatic heterocycles. The zero-order valence-corrected chi connectivity index (χ0v) is 10.9. The van der Waals surface area contributed by atoms with Gasteiger partial charge in [0, 0.05) is 4.47 Å². The maximum atomic E-state index is 11.5. The Morgan fingerprint density at radius 3 is 2.62 bits per heavy atom. The standard InChI is InChI=1S/C11H9BrN2OS/c1-16-11-13-9(10(15)14-11)6-7-2-4-8(12)5-3-7/h2-6H,1H3,(H,13,14,15)/b9-6-. The molecule has 0 saturated carbocycles. The molecule has 1 heterocycles. The highest BCUT2D eigenvalue weighted by molar-refractivity contribution is 9.10. The van der Waals surface area contributed by atoms with E-state index in [1.54, 1.807) is 6.08 Å². The molecule has 1 aromatic rings. The number of nitrogens with zero attached hydrogens (tertiary/aromatic N) is 1. The van der Waals surface area contributed by atoms with Gasteiger partial charge in [0.15, 0.2) is 5.17 Å². The largest absolute Gasteiger partial charge is 0.300 e. The summed E-state index contributed by atoms with van der Waals surface area (Å²) in [5.41, 5.74) is 1.41. The van der Waals surface area contributed by atoms with Gasteiger partial charge in [-0.2, -0.15) is 0 Å². The van der Waals surface area contributed by atoms with Gasteiger partial charge in [0.1, 0.15) is 5.70 Å². The van der Waals surface area contributed by atoms with Gasteiger partial charge in [0.25, 0.3) is 5.91 Å². The van der Waals surface area contributed by atoms with Crippen LogP contribution in [0.2, 0.25) is 0 Å². The van der Waals surface area contributed by atoms with Crippen molar-refractivity contribution in [2.24, 2.45) is 4.99 Å². The molecular formula is C11H9BrN2OS. The van der Waals surface area contributed by atoms with Crippen LogP contribution >= 0.6 is 27.7 Å². The Morgan fingerprint density at radius 1 is 1.38 bits per heavy atom. The molecule has 0 saturated heterocycles. The van der Waals surface area contributed by atoms with Crippen LogP contribution in [0.4, 0.5) is 0 Å². The van der Waals surface area contributed by atoms with Crippen LogP contribution in [0.15, 0.2) is 39.4 Å². The van der Waals surface area contributed by atoms with Crippen molar-refractivity contribution in [3.63, 3.8) is 0 Å². The van der Waals surface area contributed by atoms with Crippen LogP contribution in [-0.4, -0.2) is 17.3 Å². The maximum absolute atomic E-state index is 11.5. The minimum absolute atomic E-state index is 0.146. The van der Waals surface area contributed by atoms with E-state index in [9.17, 15) is 4.79 Å². The fourth-order valence-electron chi connectivity index (χ4n) is 1.26. The van der Waals surface area contributed by atoms with Crippen molar-refractivity contribution < 1.29 is 4.79 Å². The predicted molar refractivity (Wildman–Crippen MR) is 71.2 cm³/mol. The molecule has 1 aromatic carbocycles. The highest BCUT2D eigenvalue weighted by Crippen LogP contribution is 2.17. The molecule has 0 unspecified atom stereocenters. The summed E-state index contributed by atoms with van der Waals surface area (Å²) >= 11 is 4.78. The topological polar surface area (TPSA) is 41.5 Å². The maximum Gasteiger partial charge on any atom is 0.275 e. The first-order valence-corrected chi connectivity index (χ1v) is 6.62. The van der Waals surface area contributed by atoms with E-state index in [0.717, 1.165) is 10.0 Å². The summed E-state index contributed by atoms with van der Waals surface area (Å²) in [7, 11) is 0. The van der Waals surface area contributed by atoms with Gasteiger partial charge in [-0.1, -0.05) is 39.8 Å². The summed E-state index contributed by atoms with van der Waals surface area (Å²) in [5.74, 6) is -0.146.